The number of nitrogens with zero attached hydrogens (tertiary/aromatic N) is 3. The van der Waals surface area contributed by atoms with Gasteiger partial charge in [0.2, 0.25) is 0 Å². The van der Waals surface area contributed by atoms with E-state index in [0.29, 0.717) is 50.6 Å². The van der Waals surface area contributed by atoms with Crippen molar-refractivity contribution in [2.45, 2.75) is 31.7 Å². The van der Waals surface area contributed by atoms with Crippen LogP contribution in [0.1, 0.15) is 36.0 Å². The third-order valence-electron chi connectivity index (χ3n) is 5.49. The standard InChI is InChI=1S/C16H23N3O3S2/c20-16(14-4-9-23-12-14)17-5-1-6-18(8-7-17)24(21,22)19-11-13-2-3-15(19)10-13/h4,9,12-13,15H,1-3,5-8,10-11H2. The Kier molecular flexibility index (Phi) is 4.40. The summed E-state index contributed by atoms with van der Waals surface area (Å²) < 4.78 is 29.3. The summed E-state index contributed by atoms with van der Waals surface area (Å²) in [4.78, 5) is 14.3. The van der Waals surface area contributed by atoms with Crippen molar-refractivity contribution in [3.8, 4) is 0 Å². The largest absolute Gasteiger partial charge is 0.337 e. The van der Waals surface area contributed by atoms with Gasteiger partial charge in [0.05, 0.1) is 5.56 Å². The molecule has 2 bridgehead atoms. The van der Waals surface area contributed by atoms with Gasteiger partial charge in [-0.3, -0.25) is 4.79 Å². The van der Waals surface area contributed by atoms with Gasteiger partial charge in [-0.2, -0.15) is 28.4 Å². The Bertz CT molecular complexity index is 704. The summed E-state index contributed by atoms with van der Waals surface area (Å²) in [6, 6.07) is 2.03. The Hall–Kier alpha value is -0.960. The smallest absolute Gasteiger partial charge is 0.282 e. The van der Waals surface area contributed by atoms with Crippen molar-refractivity contribution in [3.63, 3.8) is 0 Å². The molecule has 3 aliphatic rings. The van der Waals surface area contributed by atoms with Crippen LogP contribution in [0.25, 0.3) is 0 Å². The summed E-state index contributed by atoms with van der Waals surface area (Å²) in [5.74, 6) is 0.559. The minimum Gasteiger partial charge on any atom is -0.337 e. The van der Waals surface area contributed by atoms with Gasteiger partial charge in [-0.15, -0.1) is 0 Å². The number of thiophene rings is 1. The van der Waals surface area contributed by atoms with E-state index in [-0.39, 0.29) is 11.9 Å². The van der Waals surface area contributed by atoms with Crippen molar-refractivity contribution < 1.29 is 13.2 Å². The van der Waals surface area contributed by atoms with Gasteiger partial charge >= 0.3 is 0 Å². The van der Waals surface area contributed by atoms with Gasteiger partial charge in [0.1, 0.15) is 0 Å². The first-order chi connectivity index (χ1) is 11.6. The predicted octanol–water partition coefficient (Wildman–Crippen LogP) is 1.63. The summed E-state index contributed by atoms with van der Waals surface area (Å²) in [5.41, 5.74) is 0.702. The molecule has 2 aliphatic heterocycles. The van der Waals surface area contributed by atoms with Crippen LogP contribution in [-0.4, -0.2) is 66.6 Å². The molecule has 1 aromatic rings. The summed E-state index contributed by atoms with van der Waals surface area (Å²) in [6.45, 7) is 2.67. The highest BCUT2D eigenvalue weighted by atomic mass is 32.2. The van der Waals surface area contributed by atoms with Crippen LogP contribution >= 0.6 is 11.3 Å². The highest BCUT2D eigenvalue weighted by Crippen LogP contribution is 2.39. The number of hydrogen-bond acceptors (Lipinski definition) is 4. The van der Waals surface area contributed by atoms with Gasteiger partial charge in [-0.25, -0.2) is 0 Å². The molecular formula is C16H23N3O3S2. The number of amides is 1. The van der Waals surface area contributed by atoms with Gasteiger partial charge in [-0.05, 0) is 43.0 Å². The quantitative estimate of drug-likeness (QED) is 0.814. The van der Waals surface area contributed by atoms with Crippen LogP contribution in [0, 0.1) is 5.92 Å². The first-order valence-electron chi connectivity index (χ1n) is 8.64. The van der Waals surface area contributed by atoms with E-state index in [9.17, 15) is 13.2 Å². The topological polar surface area (TPSA) is 60.9 Å². The molecule has 0 N–H and O–H groups in total. The number of piperidine rings is 1. The van der Waals surface area contributed by atoms with Crippen LogP contribution in [0.4, 0.5) is 0 Å². The van der Waals surface area contributed by atoms with E-state index in [1.54, 1.807) is 13.5 Å². The molecule has 2 atom stereocenters. The highest BCUT2D eigenvalue weighted by molar-refractivity contribution is 7.86. The molecule has 1 amide bonds. The van der Waals surface area contributed by atoms with Crippen LogP contribution in [0.15, 0.2) is 16.8 Å². The van der Waals surface area contributed by atoms with Crippen LogP contribution < -0.4 is 0 Å². The molecule has 8 heteroatoms. The molecular weight excluding hydrogens is 346 g/mol. The van der Waals surface area contributed by atoms with Gasteiger partial charge in [0.15, 0.2) is 0 Å². The predicted molar refractivity (Wildman–Crippen MR) is 93.2 cm³/mol. The fourth-order valence-electron chi connectivity index (χ4n) is 4.21. The zero-order chi connectivity index (χ0) is 16.7. The first kappa shape index (κ1) is 16.5. The van der Waals surface area contributed by atoms with E-state index in [2.05, 4.69) is 0 Å². The number of carbonyl (C=O) groups is 1. The zero-order valence-corrected chi connectivity index (χ0v) is 15.3. The van der Waals surface area contributed by atoms with Crippen LogP contribution in [0.2, 0.25) is 0 Å². The van der Waals surface area contributed by atoms with Crippen molar-refractivity contribution in [1.29, 1.82) is 0 Å². The molecule has 0 spiro atoms. The van der Waals surface area contributed by atoms with Crippen molar-refractivity contribution in [2.24, 2.45) is 5.92 Å². The minimum absolute atomic E-state index is 0.00993. The lowest BCUT2D eigenvalue weighted by atomic mass is 10.1. The number of rotatable bonds is 3. The summed E-state index contributed by atoms with van der Waals surface area (Å²) in [6.07, 6.45) is 3.88. The van der Waals surface area contributed by atoms with Crippen LogP contribution in [0.5, 0.6) is 0 Å². The molecule has 2 unspecified atom stereocenters. The lowest BCUT2D eigenvalue weighted by Crippen LogP contribution is -2.48. The van der Waals surface area contributed by atoms with Crippen LogP contribution in [-0.2, 0) is 10.2 Å². The van der Waals surface area contributed by atoms with Crippen molar-refractivity contribution in [3.05, 3.63) is 22.4 Å². The molecule has 6 nitrogen and oxygen atoms in total. The van der Waals surface area contributed by atoms with Crippen molar-refractivity contribution in [1.82, 2.24) is 13.5 Å². The molecule has 1 aliphatic carbocycles. The third kappa shape index (κ3) is 2.89. The Labute approximate surface area is 147 Å². The summed E-state index contributed by atoms with van der Waals surface area (Å²) in [5, 5.41) is 3.74. The SMILES string of the molecule is O=C(c1ccsc1)N1CCCN(S(=O)(=O)N2CC3CCC2C3)CC1. The van der Waals surface area contributed by atoms with E-state index in [4.69, 9.17) is 0 Å². The second kappa shape index (κ2) is 6.40. The summed E-state index contributed by atoms with van der Waals surface area (Å²) in [7, 11) is -3.39. The Morgan fingerprint density at radius 1 is 1.17 bits per heavy atom. The van der Waals surface area contributed by atoms with Crippen molar-refractivity contribution in [2.75, 3.05) is 32.7 Å². The molecule has 132 valence electrons. The molecule has 3 fully saturated rings. The molecule has 3 heterocycles. The third-order valence-corrected chi connectivity index (χ3v) is 8.23. The number of hydrogen-bond donors (Lipinski definition) is 0. The maximum Gasteiger partial charge on any atom is 0.282 e. The average molecular weight is 370 g/mol. The Morgan fingerprint density at radius 2 is 2.04 bits per heavy atom. The normalized spacial score (nSPS) is 29.1. The fraction of sp³-hybridized carbons (Fsp3) is 0.688. The first-order valence-corrected chi connectivity index (χ1v) is 11.0. The average Bonchev–Trinajstić information content (AvgIpc) is 3.29. The lowest BCUT2D eigenvalue weighted by Gasteiger charge is -2.31. The Morgan fingerprint density at radius 3 is 2.71 bits per heavy atom. The van der Waals surface area contributed by atoms with E-state index in [1.165, 1.54) is 17.8 Å². The Balaban J connectivity index is 1.44. The molecule has 1 saturated carbocycles. The highest BCUT2D eigenvalue weighted by Gasteiger charge is 2.46. The van der Waals surface area contributed by atoms with Crippen molar-refractivity contribution >= 4 is 27.5 Å². The van der Waals surface area contributed by atoms with E-state index in [1.807, 2.05) is 16.8 Å². The summed E-state index contributed by atoms with van der Waals surface area (Å²) >= 11 is 1.51. The zero-order valence-electron chi connectivity index (χ0n) is 13.6. The lowest BCUT2D eigenvalue weighted by molar-refractivity contribution is 0.0764. The molecule has 0 aromatic carbocycles. The molecule has 24 heavy (non-hydrogen) atoms. The maximum absolute atomic E-state index is 13.0. The number of carbonyl (C=O) groups excluding carboxylic acids is 1. The monoisotopic (exact) mass is 369 g/mol. The second-order valence-electron chi connectivity index (χ2n) is 6.97. The van der Waals surface area contributed by atoms with E-state index >= 15 is 0 Å². The van der Waals surface area contributed by atoms with Crippen LogP contribution in [0.3, 0.4) is 0 Å². The minimum atomic E-state index is -3.39. The van der Waals surface area contributed by atoms with E-state index in [0.717, 1.165) is 12.8 Å². The number of fused-ring (bicyclic) bond motifs is 2. The maximum atomic E-state index is 13.0. The molecule has 1 aromatic heterocycles. The fourth-order valence-corrected chi connectivity index (χ4v) is 6.77. The molecule has 0 radical (unpaired) electrons. The van der Waals surface area contributed by atoms with Gasteiger partial charge in [-0.1, -0.05) is 0 Å². The second-order valence-corrected chi connectivity index (χ2v) is 9.63. The van der Waals surface area contributed by atoms with E-state index < -0.39 is 10.2 Å². The van der Waals surface area contributed by atoms with Gasteiger partial charge < -0.3 is 4.90 Å². The molecule has 4 rings (SSSR count). The van der Waals surface area contributed by atoms with Gasteiger partial charge in [0, 0.05) is 44.1 Å². The molecule has 2 saturated heterocycles. The van der Waals surface area contributed by atoms with Gasteiger partial charge in [0.25, 0.3) is 16.1 Å².